The summed E-state index contributed by atoms with van der Waals surface area (Å²) in [7, 11) is 0. The molecule has 0 aromatic heterocycles. The number of hydrogen-bond acceptors (Lipinski definition) is 18. The van der Waals surface area contributed by atoms with Gasteiger partial charge in [-0.05, 0) is 89.9 Å². The van der Waals surface area contributed by atoms with Crippen LogP contribution in [-0.2, 0) is 33.2 Å². The zero-order valence-corrected chi connectivity index (χ0v) is 62.5. The Bertz CT molecular complexity index is 2320. The first-order valence-corrected chi connectivity index (χ1v) is 39.8. The molecular formula is C83H141NO18. The van der Waals surface area contributed by atoms with Crippen molar-refractivity contribution < 1.29 is 89.4 Å². The van der Waals surface area contributed by atoms with Crippen LogP contribution < -0.4 is 5.32 Å². The normalized spacial score (nSPS) is 26.9. The van der Waals surface area contributed by atoms with E-state index in [1.807, 2.05) is 0 Å². The maximum atomic E-state index is 13.5. The van der Waals surface area contributed by atoms with Crippen LogP contribution >= 0.6 is 0 Å². The number of unbranched alkanes of at least 4 members (excludes halogenated alkanes) is 25. The SMILES string of the molecule is CC/C=C\C/C=C\C/C=C\C/C=C\C/C=C\C/C=C\C/C=C\C/C=C\C/C=C\C/C=C\CCCCCCCCCCC(=O)NC(COC1OC(CO)C(OC2OC(CO)C(OC3OC(CO)C(O)C(O)C3O)C(O)C2O)C(O)C1O)C(O)CCCCCCCCCCCCCCCCCCCC. The minimum Gasteiger partial charge on any atom is -0.394 e. The molecule has 17 atom stereocenters. The lowest BCUT2D eigenvalue weighted by Crippen LogP contribution is -2.66. The van der Waals surface area contributed by atoms with Crippen LogP contribution in [0, 0.1) is 0 Å². The number of nitrogens with one attached hydrogen (secondary N) is 1. The van der Waals surface area contributed by atoms with Gasteiger partial charge in [0.15, 0.2) is 18.9 Å². The maximum Gasteiger partial charge on any atom is 0.220 e. The van der Waals surface area contributed by atoms with Crippen LogP contribution in [0.2, 0.25) is 0 Å². The molecule has 0 spiro atoms. The quantitative estimate of drug-likeness (QED) is 0.0199. The number of aliphatic hydroxyl groups is 11. The summed E-state index contributed by atoms with van der Waals surface area (Å²) in [5, 5.41) is 121. The van der Waals surface area contributed by atoms with Gasteiger partial charge in [0.2, 0.25) is 5.91 Å². The Kier molecular flexibility index (Phi) is 56.4. The number of allylic oxidation sites excluding steroid dienone is 20. The summed E-state index contributed by atoms with van der Waals surface area (Å²) in [6.07, 6.45) is 59.9. The van der Waals surface area contributed by atoms with Gasteiger partial charge in [0.25, 0.3) is 0 Å². The molecular weight excluding hydrogens is 1300 g/mol. The molecule has 3 rings (SSSR count). The molecule has 0 radical (unpaired) electrons. The van der Waals surface area contributed by atoms with Crippen molar-refractivity contribution in [2.75, 3.05) is 26.4 Å². The van der Waals surface area contributed by atoms with Crippen LogP contribution in [0.15, 0.2) is 122 Å². The first kappa shape index (κ1) is 92.4. The highest BCUT2D eigenvalue weighted by Crippen LogP contribution is 2.33. The Morgan fingerprint density at radius 2 is 0.676 bits per heavy atom. The van der Waals surface area contributed by atoms with Crippen molar-refractivity contribution in [2.24, 2.45) is 0 Å². The molecule has 0 bridgehead atoms. The molecule has 3 aliphatic heterocycles. The molecule has 3 heterocycles. The molecule has 586 valence electrons. The fourth-order valence-corrected chi connectivity index (χ4v) is 12.7. The van der Waals surface area contributed by atoms with Crippen LogP contribution in [0.25, 0.3) is 0 Å². The fraction of sp³-hybridized carbons (Fsp3) is 0.747. The van der Waals surface area contributed by atoms with Crippen molar-refractivity contribution in [3.63, 3.8) is 0 Å². The molecule has 0 aromatic carbocycles. The highest BCUT2D eigenvalue weighted by molar-refractivity contribution is 5.76. The minimum atomic E-state index is -1.98. The minimum absolute atomic E-state index is 0.249. The molecule has 0 saturated carbocycles. The average molecular weight is 1440 g/mol. The van der Waals surface area contributed by atoms with Crippen molar-refractivity contribution in [3.05, 3.63) is 122 Å². The summed E-state index contributed by atoms with van der Waals surface area (Å²) >= 11 is 0. The van der Waals surface area contributed by atoms with Gasteiger partial charge in [-0.15, -0.1) is 0 Å². The molecule has 17 unspecified atom stereocenters. The van der Waals surface area contributed by atoms with Crippen molar-refractivity contribution in [2.45, 2.75) is 369 Å². The Morgan fingerprint density at radius 1 is 0.363 bits per heavy atom. The van der Waals surface area contributed by atoms with Gasteiger partial charge in [0, 0.05) is 6.42 Å². The van der Waals surface area contributed by atoms with E-state index in [1.165, 1.54) is 103 Å². The fourth-order valence-electron chi connectivity index (χ4n) is 12.7. The van der Waals surface area contributed by atoms with Gasteiger partial charge in [0.05, 0.1) is 38.6 Å². The number of hydrogen-bond donors (Lipinski definition) is 12. The van der Waals surface area contributed by atoms with E-state index in [0.29, 0.717) is 12.8 Å². The van der Waals surface area contributed by atoms with Crippen LogP contribution in [0.5, 0.6) is 0 Å². The van der Waals surface area contributed by atoms with E-state index in [1.54, 1.807) is 0 Å². The van der Waals surface area contributed by atoms with Gasteiger partial charge < -0.3 is 89.9 Å². The Morgan fingerprint density at radius 3 is 1.06 bits per heavy atom. The third kappa shape index (κ3) is 41.9. The number of amides is 1. The predicted octanol–water partition coefficient (Wildman–Crippen LogP) is 13.1. The third-order valence-electron chi connectivity index (χ3n) is 19.1. The van der Waals surface area contributed by atoms with Gasteiger partial charge in [0.1, 0.15) is 73.2 Å². The molecule has 12 N–H and O–H groups in total. The molecule has 0 aliphatic carbocycles. The lowest BCUT2D eigenvalue weighted by atomic mass is 9.96. The maximum absolute atomic E-state index is 13.5. The van der Waals surface area contributed by atoms with E-state index >= 15 is 0 Å². The number of rotatable bonds is 61. The van der Waals surface area contributed by atoms with Crippen molar-refractivity contribution in [3.8, 4) is 0 Å². The molecule has 19 heteroatoms. The van der Waals surface area contributed by atoms with E-state index < -0.39 is 124 Å². The average Bonchev–Trinajstić information content (AvgIpc) is 0.781. The molecule has 3 saturated heterocycles. The van der Waals surface area contributed by atoms with Gasteiger partial charge in [-0.2, -0.15) is 0 Å². The zero-order chi connectivity index (χ0) is 73.9. The Hall–Kier alpha value is -3.81. The van der Waals surface area contributed by atoms with Crippen molar-refractivity contribution in [1.82, 2.24) is 5.32 Å². The lowest BCUT2D eigenvalue weighted by Gasteiger charge is -2.48. The van der Waals surface area contributed by atoms with E-state index in [9.17, 15) is 61.0 Å². The molecule has 102 heavy (non-hydrogen) atoms. The van der Waals surface area contributed by atoms with Gasteiger partial charge in [-0.3, -0.25) is 4.79 Å². The first-order valence-electron chi connectivity index (χ1n) is 39.8. The van der Waals surface area contributed by atoms with Crippen LogP contribution in [0.3, 0.4) is 0 Å². The number of carbonyl (C=O) groups is 1. The standard InChI is InChI=1S/C83H141NO18/c1-3-5-7-9-11-13-15-17-19-21-23-24-25-26-27-28-29-30-31-32-33-34-35-36-37-38-39-40-41-42-43-45-47-49-51-53-55-57-59-61-71(89)84-66(67(88)60-58-56-54-52-50-48-46-44-22-20-18-16-14-12-10-8-6-4-2)65-97-81-77(95)74(92)79(69(63-86)99-81)102-83-78(96)75(93)80(70(64-87)100-83)101-82-76(94)73(91)72(90)68(62-85)98-82/h5,7,11,13,17,19,23-24,26-27,29-30,32-33,35-36,38-39,41-42,66-70,72-83,85-88,90-96H,3-4,6,8-10,12,14-16,18,20-22,25,28,31,34,37,40,43-65H2,1-2H3,(H,84,89)/b7-5-,13-11-,19-17-,24-23-,27-26-,30-29-,33-32-,36-35-,39-38-,42-41-. The van der Waals surface area contributed by atoms with E-state index in [2.05, 4.69) is 141 Å². The second kappa shape index (κ2) is 62.3. The van der Waals surface area contributed by atoms with Crippen LogP contribution in [0.1, 0.15) is 264 Å². The molecule has 1 amide bonds. The van der Waals surface area contributed by atoms with Crippen LogP contribution in [0.4, 0.5) is 0 Å². The highest BCUT2D eigenvalue weighted by Gasteiger charge is 2.54. The summed E-state index contributed by atoms with van der Waals surface area (Å²) in [5.74, 6) is -0.254. The summed E-state index contributed by atoms with van der Waals surface area (Å²) in [6, 6.07) is -0.901. The largest absolute Gasteiger partial charge is 0.394 e. The molecule has 3 aliphatic rings. The molecule has 3 fully saturated rings. The van der Waals surface area contributed by atoms with Gasteiger partial charge in [-0.1, -0.05) is 289 Å². The van der Waals surface area contributed by atoms with Crippen molar-refractivity contribution >= 4 is 5.91 Å². The zero-order valence-electron chi connectivity index (χ0n) is 62.5. The summed E-state index contributed by atoms with van der Waals surface area (Å²) in [4.78, 5) is 13.5. The topological polar surface area (TPSA) is 307 Å². The number of ether oxygens (including phenoxy) is 6. The third-order valence-corrected chi connectivity index (χ3v) is 19.1. The van der Waals surface area contributed by atoms with Gasteiger partial charge >= 0.3 is 0 Å². The Balaban J connectivity index is 1.35. The summed E-state index contributed by atoms with van der Waals surface area (Å²) in [5.41, 5.74) is 0. The van der Waals surface area contributed by atoms with Crippen molar-refractivity contribution in [1.29, 1.82) is 0 Å². The first-order chi connectivity index (χ1) is 49.8. The lowest BCUT2D eigenvalue weighted by molar-refractivity contribution is -0.379. The van der Waals surface area contributed by atoms with E-state index in [0.717, 1.165) is 128 Å². The molecule has 19 nitrogen and oxygen atoms in total. The van der Waals surface area contributed by atoms with Crippen LogP contribution in [-0.4, -0.2) is 193 Å². The number of aliphatic hydroxyl groups excluding tert-OH is 11. The van der Waals surface area contributed by atoms with E-state index in [-0.39, 0.29) is 18.9 Å². The second-order valence-electron chi connectivity index (χ2n) is 27.8. The second-order valence-corrected chi connectivity index (χ2v) is 27.8. The highest BCUT2D eigenvalue weighted by atomic mass is 16.8. The van der Waals surface area contributed by atoms with Gasteiger partial charge in [-0.25, -0.2) is 0 Å². The molecule has 0 aromatic rings. The monoisotopic (exact) mass is 1440 g/mol. The smallest absolute Gasteiger partial charge is 0.220 e. The number of carbonyl (C=O) groups excluding carboxylic acids is 1. The predicted molar refractivity (Wildman–Crippen MR) is 406 cm³/mol. The summed E-state index contributed by atoms with van der Waals surface area (Å²) < 4.78 is 34.5. The Labute approximate surface area is 614 Å². The van der Waals surface area contributed by atoms with E-state index in [4.69, 9.17) is 28.4 Å². The summed E-state index contributed by atoms with van der Waals surface area (Å²) in [6.45, 7) is 1.69.